The zero-order valence-corrected chi connectivity index (χ0v) is 13.6. The van der Waals surface area contributed by atoms with Crippen LogP contribution < -0.4 is 15.6 Å². The third-order valence-electron chi connectivity index (χ3n) is 4.63. The number of alkyl halides is 3. The number of Topliss-reactive ketones (excluding diaryl/α,β-unsaturated/α-hetero) is 1. The number of ketones is 1. The van der Waals surface area contributed by atoms with Crippen molar-refractivity contribution in [1.29, 1.82) is 0 Å². The van der Waals surface area contributed by atoms with Gasteiger partial charge in [-0.05, 0) is 24.1 Å². The SMILES string of the molecule is Cn1[nH]c(=O)c2c1NC1=C(C(=O)CC1)C2c1ccc(OC(F)(F)F)cc1. The number of benzene rings is 1. The molecule has 1 aromatic carbocycles. The Labute approximate surface area is 145 Å². The summed E-state index contributed by atoms with van der Waals surface area (Å²) in [6.07, 6.45) is -3.90. The van der Waals surface area contributed by atoms with E-state index < -0.39 is 12.3 Å². The number of aromatic amines is 1. The Morgan fingerprint density at radius 2 is 1.85 bits per heavy atom. The number of H-pyrrole nitrogens is 1. The van der Waals surface area contributed by atoms with Crippen LogP contribution >= 0.6 is 0 Å². The molecule has 26 heavy (non-hydrogen) atoms. The number of carbonyl (C=O) groups is 1. The maximum atomic E-state index is 12.4. The van der Waals surface area contributed by atoms with Crippen LogP contribution in [0.25, 0.3) is 0 Å². The Morgan fingerprint density at radius 3 is 2.50 bits per heavy atom. The quantitative estimate of drug-likeness (QED) is 0.858. The highest BCUT2D eigenvalue weighted by Crippen LogP contribution is 2.44. The van der Waals surface area contributed by atoms with Gasteiger partial charge in [0.15, 0.2) is 5.78 Å². The first-order chi connectivity index (χ1) is 12.2. The molecule has 0 fully saturated rings. The molecule has 2 aliphatic rings. The lowest BCUT2D eigenvalue weighted by Crippen LogP contribution is -2.23. The Balaban J connectivity index is 1.81. The van der Waals surface area contributed by atoms with Gasteiger partial charge in [0.25, 0.3) is 5.56 Å². The first-order valence-corrected chi connectivity index (χ1v) is 7.92. The van der Waals surface area contributed by atoms with E-state index in [-0.39, 0.29) is 17.1 Å². The lowest BCUT2D eigenvalue weighted by Gasteiger charge is -2.26. The number of nitrogens with zero attached hydrogens (tertiary/aromatic N) is 1. The van der Waals surface area contributed by atoms with Crippen LogP contribution in [0.15, 0.2) is 40.3 Å². The van der Waals surface area contributed by atoms with Crippen molar-refractivity contribution in [2.45, 2.75) is 25.1 Å². The molecule has 2 heterocycles. The van der Waals surface area contributed by atoms with Gasteiger partial charge in [0.05, 0.1) is 5.56 Å². The number of nitrogens with one attached hydrogen (secondary N) is 2. The Morgan fingerprint density at radius 1 is 1.15 bits per heavy atom. The highest BCUT2D eigenvalue weighted by molar-refractivity contribution is 6.02. The Hall–Kier alpha value is -2.97. The summed E-state index contributed by atoms with van der Waals surface area (Å²) in [6, 6.07) is 5.26. The number of halogens is 3. The molecule has 1 unspecified atom stereocenters. The molecule has 0 saturated carbocycles. The third kappa shape index (κ3) is 2.59. The maximum Gasteiger partial charge on any atom is 0.573 e. The Kier molecular flexibility index (Phi) is 3.50. The lowest BCUT2D eigenvalue weighted by atomic mass is 9.82. The van der Waals surface area contributed by atoms with E-state index in [1.165, 1.54) is 24.3 Å². The molecular formula is C17H14F3N3O3. The van der Waals surface area contributed by atoms with E-state index in [4.69, 9.17) is 0 Å². The third-order valence-corrected chi connectivity index (χ3v) is 4.63. The topological polar surface area (TPSA) is 76.1 Å². The van der Waals surface area contributed by atoms with Crippen molar-refractivity contribution in [1.82, 2.24) is 9.78 Å². The lowest BCUT2D eigenvalue weighted by molar-refractivity contribution is -0.274. The molecule has 2 N–H and O–H groups in total. The second-order valence-electron chi connectivity index (χ2n) is 6.25. The molecule has 0 spiro atoms. The zero-order chi connectivity index (χ0) is 18.6. The largest absolute Gasteiger partial charge is 0.573 e. The molecule has 0 amide bonds. The van der Waals surface area contributed by atoms with E-state index in [9.17, 15) is 22.8 Å². The summed E-state index contributed by atoms with van der Waals surface area (Å²) < 4.78 is 42.5. The molecule has 2 aromatic rings. The van der Waals surface area contributed by atoms with Crippen molar-refractivity contribution in [3.63, 3.8) is 0 Å². The number of aryl methyl sites for hydroxylation is 1. The number of fused-ring (bicyclic) bond motifs is 1. The minimum Gasteiger partial charge on any atom is -0.406 e. The van der Waals surface area contributed by atoms with Gasteiger partial charge < -0.3 is 10.1 Å². The molecule has 9 heteroatoms. The molecule has 6 nitrogen and oxygen atoms in total. The standard InChI is InChI=1S/C17H14F3N3O3/c1-23-15-14(16(25)22-23)12(13-10(21-15)6-7-11(13)24)8-2-4-9(5-3-8)26-17(18,19)20/h2-5,12,21H,6-7H2,1H3,(H,22,25). The molecule has 1 atom stereocenters. The fourth-order valence-electron chi connectivity index (χ4n) is 3.60. The maximum absolute atomic E-state index is 12.4. The number of ether oxygens (including phenoxy) is 1. The summed E-state index contributed by atoms with van der Waals surface area (Å²) in [7, 11) is 1.67. The van der Waals surface area contributed by atoms with Gasteiger partial charge in [-0.2, -0.15) is 0 Å². The van der Waals surface area contributed by atoms with Crippen molar-refractivity contribution in [3.8, 4) is 5.75 Å². The van der Waals surface area contributed by atoms with Crippen molar-refractivity contribution < 1.29 is 22.7 Å². The zero-order valence-electron chi connectivity index (χ0n) is 13.6. The smallest absolute Gasteiger partial charge is 0.406 e. The fraction of sp³-hybridized carbons (Fsp3) is 0.294. The van der Waals surface area contributed by atoms with Crippen molar-refractivity contribution in [3.05, 3.63) is 57.0 Å². The average molecular weight is 365 g/mol. The molecular weight excluding hydrogens is 351 g/mol. The van der Waals surface area contributed by atoms with E-state index in [0.717, 1.165) is 5.70 Å². The van der Waals surface area contributed by atoms with Crippen LogP contribution in [0.1, 0.15) is 29.9 Å². The molecule has 0 saturated heterocycles. The Bertz CT molecular complexity index is 983. The number of anilines is 1. The number of rotatable bonds is 2. The average Bonchev–Trinajstić information content (AvgIpc) is 3.06. The second kappa shape index (κ2) is 5.52. The van der Waals surface area contributed by atoms with E-state index in [0.29, 0.717) is 35.4 Å². The highest BCUT2D eigenvalue weighted by Gasteiger charge is 2.40. The number of allylic oxidation sites excluding steroid dienone is 2. The summed E-state index contributed by atoms with van der Waals surface area (Å²) in [6.45, 7) is 0. The van der Waals surface area contributed by atoms with Gasteiger partial charge >= 0.3 is 6.36 Å². The van der Waals surface area contributed by atoms with E-state index in [1.807, 2.05) is 0 Å². The second-order valence-corrected chi connectivity index (χ2v) is 6.25. The van der Waals surface area contributed by atoms with Gasteiger partial charge in [-0.25, -0.2) is 0 Å². The van der Waals surface area contributed by atoms with Crippen molar-refractivity contribution >= 4 is 11.6 Å². The van der Waals surface area contributed by atoms with Gasteiger partial charge in [0.1, 0.15) is 11.6 Å². The highest BCUT2D eigenvalue weighted by atomic mass is 19.4. The number of aromatic nitrogens is 2. The van der Waals surface area contributed by atoms with Gasteiger partial charge in [-0.3, -0.25) is 19.4 Å². The normalized spacial score (nSPS) is 19.2. The molecule has 1 aromatic heterocycles. The van der Waals surface area contributed by atoms with Gasteiger partial charge in [-0.1, -0.05) is 12.1 Å². The van der Waals surface area contributed by atoms with Crippen LogP contribution in [0.2, 0.25) is 0 Å². The van der Waals surface area contributed by atoms with E-state index in [2.05, 4.69) is 15.2 Å². The predicted octanol–water partition coefficient (Wildman–Crippen LogP) is 2.79. The predicted molar refractivity (Wildman–Crippen MR) is 85.9 cm³/mol. The van der Waals surface area contributed by atoms with Gasteiger partial charge in [0, 0.05) is 30.7 Å². The summed E-state index contributed by atoms with van der Waals surface area (Å²) in [5.41, 5.74) is 1.84. The van der Waals surface area contributed by atoms with Crippen LogP contribution in [0.3, 0.4) is 0 Å². The van der Waals surface area contributed by atoms with Gasteiger partial charge in [-0.15, -0.1) is 13.2 Å². The molecule has 0 radical (unpaired) electrons. The van der Waals surface area contributed by atoms with Gasteiger partial charge in [0.2, 0.25) is 0 Å². The molecule has 1 aliphatic carbocycles. The summed E-state index contributed by atoms with van der Waals surface area (Å²) in [5, 5.41) is 5.79. The first kappa shape index (κ1) is 16.5. The molecule has 1 aliphatic heterocycles. The number of hydrogen-bond donors (Lipinski definition) is 2. The van der Waals surface area contributed by atoms with E-state index in [1.54, 1.807) is 11.7 Å². The van der Waals surface area contributed by atoms with E-state index >= 15 is 0 Å². The summed E-state index contributed by atoms with van der Waals surface area (Å²) in [5.74, 6) is -0.489. The molecule has 136 valence electrons. The minimum absolute atomic E-state index is 0.0676. The molecule has 0 bridgehead atoms. The number of hydrogen-bond acceptors (Lipinski definition) is 4. The summed E-state index contributed by atoms with van der Waals surface area (Å²) >= 11 is 0. The first-order valence-electron chi connectivity index (χ1n) is 7.92. The fourth-order valence-corrected chi connectivity index (χ4v) is 3.60. The van der Waals surface area contributed by atoms with Crippen LogP contribution in [0, 0.1) is 0 Å². The van der Waals surface area contributed by atoms with Crippen LogP contribution in [0.4, 0.5) is 19.0 Å². The monoisotopic (exact) mass is 365 g/mol. The summed E-state index contributed by atoms with van der Waals surface area (Å²) in [4.78, 5) is 24.8. The van der Waals surface area contributed by atoms with Crippen LogP contribution in [0.5, 0.6) is 5.75 Å². The molecule has 4 rings (SSSR count). The van der Waals surface area contributed by atoms with Crippen LogP contribution in [-0.4, -0.2) is 21.9 Å². The van der Waals surface area contributed by atoms with Crippen molar-refractivity contribution in [2.24, 2.45) is 7.05 Å². The van der Waals surface area contributed by atoms with Crippen LogP contribution in [-0.2, 0) is 11.8 Å². The minimum atomic E-state index is -4.78. The number of carbonyl (C=O) groups excluding carboxylic acids is 1. The van der Waals surface area contributed by atoms with Crippen molar-refractivity contribution in [2.75, 3.05) is 5.32 Å².